The summed E-state index contributed by atoms with van der Waals surface area (Å²) in [5.74, 6) is 0.807. The van der Waals surface area contributed by atoms with Crippen molar-refractivity contribution in [1.82, 2.24) is 5.32 Å². The van der Waals surface area contributed by atoms with Gasteiger partial charge in [0.1, 0.15) is 5.75 Å². The Balaban J connectivity index is 0.00000324. The maximum absolute atomic E-state index is 11.8. The summed E-state index contributed by atoms with van der Waals surface area (Å²) in [7, 11) is 0. The number of nitrogens with two attached hydrogens (primary N) is 1. The fourth-order valence-electron chi connectivity index (χ4n) is 1.30. The Morgan fingerprint density at radius 2 is 2.16 bits per heavy atom. The first-order valence-corrected chi connectivity index (χ1v) is 6.72. The Morgan fingerprint density at radius 1 is 1.47 bits per heavy atom. The zero-order chi connectivity index (χ0) is 13.5. The highest BCUT2D eigenvalue weighted by atomic mass is 79.9. The van der Waals surface area contributed by atoms with Gasteiger partial charge in [-0.1, -0.05) is 28.9 Å². The lowest BCUT2D eigenvalue weighted by Gasteiger charge is -2.16. The van der Waals surface area contributed by atoms with Crippen molar-refractivity contribution in [3.05, 3.63) is 28.7 Å². The summed E-state index contributed by atoms with van der Waals surface area (Å²) in [4.78, 5) is 11.8. The topological polar surface area (TPSA) is 64.3 Å². The van der Waals surface area contributed by atoms with Gasteiger partial charge in [-0.05, 0) is 37.6 Å². The Morgan fingerprint density at radius 3 is 2.74 bits per heavy atom. The van der Waals surface area contributed by atoms with Crippen molar-refractivity contribution in [1.29, 1.82) is 0 Å². The second-order valence-electron chi connectivity index (χ2n) is 4.30. The molecule has 0 spiro atoms. The molecule has 6 heteroatoms. The summed E-state index contributed by atoms with van der Waals surface area (Å²) in [6.45, 7) is 4.84. The third-order valence-electron chi connectivity index (χ3n) is 2.51. The first kappa shape index (κ1) is 18.2. The molecule has 108 valence electrons. The van der Waals surface area contributed by atoms with Crippen LogP contribution in [0, 0.1) is 5.92 Å². The van der Waals surface area contributed by atoms with Crippen LogP contribution in [0.5, 0.6) is 5.75 Å². The van der Waals surface area contributed by atoms with Crippen LogP contribution in [-0.2, 0) is 4.79 Å². The number of benzene rings is 1. The van der Waals surface area contributed by atoms with Gasteiger partial charge in [0.15, 0.2) is 6.10 Å². The molecule has 1 rings (SSSR count). The molecule has 0 saturated heterocycles. The molecule has 0 aliphatic carbocycles. The summed E-state index contributed by atoms with van der Waals surface area (Å²) < 4.78 is 6.47. The van der Waals surface area contributed by atoms with Crippen molar-refractivity contribution < 1.29 is 9.53 Å². The number of nitrogens with one attached hydrogen (secondary N) is 1. The third kappa shape index (κ3) is 6.80. The van der Waals surface area contributed by atoms with E-state index in [1.165, 1.54) is 0 Å². The summed E-state index contributed by atoms with van der Waals surface area (Å²) >= 11 is 3.35. The van der Waals surface area contributed by atoms with Crippen molar-refractivity contribution >= 4 is 34.2 Å². The molecule has 4 nitrogen and oxygen atoms in total. The van der Waals surface area contributed by atoms with Crippen LogP contribution in [-0.4, -0.2) is 25.1 Å². The van der Waals surface area contributed by atoms with E-state index >= 15 is 0 Å². The van der Waals surface area contributed by atoms with E-state index < -0.39 is 6.10 Å². The van der Waals surface area contributed by atoms with Crippen LogP contribution in [0.4, 0.5) is 0 Å². The Kier molecular flexibility index (Phi) is 8.80. The number of carbonyl (C=O) groups excluding carboxylic acids is 1. The zero-order valence-electron chi connectivity index (χ0n) is 11.1. The summed E-state index contributed by atoms with van der Waals surface area (Å²) in [6.07, 6.45) is -0.524. The standard InChI is InChI=1S/C13H19BrN2O2.ClH/c1-9(7-15)8-16-13(17)10(2)18-12-5-3-4-11(14)6-12;/h3-6,9-10H,7-8,15H2,1-2H3,(H,16,17);1H. The number of rotatable bonds is 6. The minimum Gasteiger partial charge on any atom is -0.481 e. The average molecular weight is 352 g/mol. The maximum atomic E-state index is 11.8. The minimum absolute atomic E-state index is 0. The number of halogens is 2. The smallest absolute Gasteiger partial charge is 0.260 e. The first-order chi connectivity index (χ1) is 8.52. The third-order valence-corrected chi connectivity index (χ3v) is 3.00. The lowest BCUT2D eigenvalue weighted by atomic mass is 10.2. The normalized spacial score (nSPS) is 13.1. The van der Waals surface area contributed by atoms with Crippen LogP contribution in [0.3, 0.4) is 0 Å². The number of hydrogen-bond acceptors (Lipinski definition) is 3. The van der Waals surface area contributed by atoms with Crippen molar-refractivity contribution in [3.63, 3.8) is 0 Å². The Labute approximate surface area is 128 Å². The SMILES string of the molecule is CC(CN)CNC(=O)C(C)Oc1cccc(Br)c1.Cl. The molecule has 0 aromatic heterocycles. The van der Waals surface area contributed by atoms with Gasteiger partial charge >= 0.3 is 0 Å². The molecule has 0 aliphatic rings. The lowest BCUT2D eigenvalue weighted by Crippen LogP contribution is -2.39. The van der Waals surface area contributed by atoms with Gasteiger partial charge in [0, 0.05) is 11.0 Å². The van der Waals surface area contributed by atoms with Crippen LogP contribution in [0.1, 0.15) is 13.8 Å². The van der Waals surface area contributed by atoms with E-state index in [0.717, 1.165) is 4.47 Å². The van der Waals surface area contributed by atoms with E-state index in [2.05, 4.69) is 21.2 Å². The van der Waals surface area contributed by atoms with Gasteiger partial charge in [-0.3, -0.25) is 4.79 Å². The Bertz CT molecular complexity index is 404. The molecule has 2 unspecified atom stereocenters. The second kappa shape index (κ2) is 9.18. The van der Waals surface area contributed by atoms with Gasteiger partial charge in [-0.2, -0.15) is 0 Å². The molecule has 0 saturated carbocycles. The number of hydrogen-bond donors (Lipinski definition) is 2. The number of amides is 1. The second-order valence-corrected chi connectivity index (χ2v) is 5.22. The van der Waals surface area contributed by atoms with Crippen LogP contribution in [0.15, 0.2) is 28.7 Å². The summed E-state index contributed by atoms with van der Waals surface area (Å²) in [5, 5.41) is 2.81. The summed E-state index contributed by atoms with van der Waals surface area (Å²) in [5.41, 5.74) is 5.49. The maximum Gasteiger partial charge on any atom is 0.260 e. The molecular weight excluding hydrogens is 332 g/mol. The molecule has 0 fully saturated rings. The van der Waals surface area contributed by atoms with Gasteiger partial charge in [-0.15, -0.1) is 12.4 Å². The van der Waals surface area contributed by atoms with Crippen molar-refractivity contribution in [2.24, 2.45) is 11.7 Å². The van der Waals surface area contributed by atoms with E-state index in [1.54, 1.807) is 6.92 Å². The van der Waals surface area contributed by atoms with Crippen molar-refractivity contribution in [2.45, 2.75) is 20.0 Å². The van der Waals surface area contributed by atoms with Crippen LogP contribution < -0.4 is 15.8 Å². The van der Waals surface area contributed by atoms with Gasteiger partial charge in [-0.25, -0.2) is 0 Å². The van der Waals surface area contributed by atoms with E-state index in [0.29, 0.717) is 18.8 Å². The molecule has 0 radical (unpaired) electrons. The molecule has 1 aromatic carbocycles. The predicted octanol–water partition coefficient (Wildman–Crippen LogP) is 2.35. The molecule has 0 aliphatic heterocycles. The highest BCUT2D eigenvalue weighted by Gasteiger charge is 2.14. The van der Waals surface area contributed by atoms with E-state index in [9.17, 15) is 4.79 Å². The fourth-order valence-corrected chi connectivity index (χ4v) is 1.68. The number of carbonyl (C=O) groups is 1. The first-order valence-electron chi connectivity index (χ1n) is 5.93. The molecule has 0 heterocycles. The van der Waals surface area contributed by atoms with Gasteiger partial charge in [0.2, 0.25) is 0 Å². The van der Waals surface area contributed by atoms with E-state index in [4.69, 9.17) is 10.5 Å². The predicted molar refractivity (Wildman–Crippen MR) is 82.7 cm³/mol. The van der Waals surface area contributed by atoms with E-state index in [1.807, 2.05) is 31.2 Å². The van der Waals surface area contributed by atoms with Crippen molar-refractivity contribution in [2.75, 3.05) is 13.1 Å². The Hall–Kier alpha value is -0.780. The summed E-state index contributed by atoms with van der Waals surface area (Å²) in [6, 6.07) is 7.41. The van der Waals surface area contributed by atoms with Crippen LogP contribution >= 0.6 is 28.3 Å². The van der Waals surface area contributed by atoms with Gasteiger partial charge in [0.25, 0.3) is 5.91 Å². The average Bonchev–Trinajstić information content (AvgIpc) is 2.35. The van der Waals surface area contributed by atoms with Gasteiger partial charge < -0.3 is 15.8 Å². The molecule has 2 atom stereocenters. The zero-order valence-corrected chi connectivity index (χ0v) is 13.5. The molecule has 0 bridgehead atoms. The largest absolute Gasteiger partial charge is 0.481 e. The van der Waals surface area contributed by atoms with Gasteiger partial charge in [0.05, 0.1) is 0 Å². The van der Waals surface area contributed by atoms with Crippen LogP contribution in [0.25, 0.3) is 0 Å². The number of ether oxygens (including phenoxy) is 1. The monoisotopic (exact) mass is 350 g/mol. The molecular formula is C13H20BrClN2O2. The van der Waals surface area contributed by atoms with Crippen molar-refractivity contribution in [3.8, 4) is 5.75 Å². The lowest BCUT2D eigenvalue weighted by molar-refractivity contribution is -0.127. The minimum atomic E-state index is -0.524. The highest BCUT2D eigenvalue weighted by molar-refractivity contribution is 9.10. The highest BCUT2D eigenvalue weighted by Crippen LogP contribution is 2.18. The van der Waals surface area contributed by atoms with Crippen LogP contribution in [0.2, 0.25) is 0 Å². The molecule has 1 aromatic rings. The molecule has 19 heavy (non-hydrogen) atoms. The van der Waals surface area contributed by atoms with E-state index in [-0.39, 0.29) is 24.2 Å². The molecule has 3 N–H and O–H groups in total. The molecule has 1 amide bonds. The fraction of sp³-hybridized carbons (Fsp3) is 0.462. The quantitative estimate of drug-likeness (QED) is 0.827.